The molecule has 2 heterocycles. The number of nitrogens with one attached hydrogen (secondary N) is 1. The highest BCUT2D eigenvalue weighted by Gasteiger charge is 2.36. The van der Waals surface area contributed by atoms with E-state index in [0.717, 1.165) is 51.4 Å². The van der Waals surface area contributed by atoms with Gasteiger partial charge in [-0.05, 0) is 74.6 Å². The molecule has 1 amide bonds. The Morgan fingerprint density at radius 1 is 1.17 bits per heavy atom. The molecule has 1 aromatic heterocycles. The number of aliphatic imine (C=N–C) groups is 1. The predicted octanol–water partition coefficient (Wildman–Crippen LogP) is 4.22. The van der Waals surface area contributed by atoms with Crippen LogP contribution in [0.25, 0.3) is 0 Å². The molecule has 2 aliphatic carbocycles. The van der Waals surface area contributed by atoms with Crippen LogP contribution in [0.5, 0.6) is 0 Å². The van der Waals surface area contributed by atoms with E-state index in [2.05, 4.69) is 22.2 Å². The van der Waals surface area contributed by atoms with Gasteiger partial charge in [0.05, 0.1) is 18.3 Å². The third kappa shape index (κ3) is 4.90. The van der Waals surface area contributed by atoms with Gasteiger partial charge in [0.15, 0.2) is 0 Å². The maximum Gasteiger partial charge on any atom is 0.270 e. The van der Waals surface area contributed by atoms with E-state index in [4.69, 9.17) is 5.73 Å². The van der Waals surface area contributed by atoms with Crippen molar-refractivity contribution in [2.24, 2.45) is 28.5 Å². The minimum Gasteiger partial charge on any atom is -0.346 e. The molecule has 3 aliphatic rings. The largest absolute Gasteiger partial charge is 0.346 e. The van der Waals surface area contributed by atoms with Gasteiger partial charge in [0.2, 0.25) is 0 Å². The summed E-state index contributed by atoms with van der Waals surface area (Å²) in [7, 11) is 0. The van der Waals surface area contributed by atoms with Crippen LogP contribution in [0.2, 0.25) is 0 Å². The normalized spacial score (nSPS) is 32.7. The Balaban J connectivity index is 1.47. The van der Waals surface area contributed by atoms with Crippen LogP contribution in [0.15, 0.2) is 17.1 Å². The van der Waals surface area contributed by atoms with E-state index in [9.17, 15) is 9.18 Å². The van der Waals surface area contributed by atoms with Crippen LogP contribution in [0.3, 0.4) is 0 Å². The second-order valence-electron chi connectivity index (χ2n) is 9.76. The van der Waals surface area contributed by atoms with Gasteiger partial charge in [0, 0.05) is 12.0 Å². The summed E-state index contributed by atoms with van der Waals surface area (Å²) in [6.07, 6.45) is 11.4. The fraction of sp³-hybridized carbons (Fsp3) is 0.708. The maximum absolute atomic E-state index is 14.4. The molecule has 5 unspecified atom stereocenters. The molecule has 0 saturated heterocycles. The van der Waals surface area contributed by atoms with Gasteiger partial charge in [-0.1, -0.05) is 26.2 Å². The molecular weight excluding hydrogens is 379 g/mol. The second-order valence-corrected chi connectivity index (χ2v) is 9.76. The van der Waals surface area contributed by atoms with Crippen molar-refractivity contribution in [1.82, 2.24) is 10.3 Å². The molecule has 3 N–H and O–H groups in total. The van der Waals surface area contributed by atoms with E-state index in [0.29, 0.717) is 35.7 Å². The first kappa shape index (κ1) is 21.4. The fourth-order valence-corrected chi connectivity index (χ4v) is 5.91. The molecule has 6 heteroatoms. The number of carbonyl (C=O) groups is 1. The zero-order valence-corrected chi connectivity index (χ0v) is 18.0. The number of nitrogens with zero attached hydrogens (tertiary/aromatic N) is 2. The average molecular weight is 415 g/mol. The van der Waals surface area contributed by atoms with Crippen molar-refractivity contribution >= 4 is 12.1 Å². The second kappa shape index (κ2) is 9.54. The summed E-state index contributed by atoms with van der Waals surface area (Å²) < 4.78 is 14.4. The lowest BCUT2D eigenvalue weighted by molar-refractivity contribution is 0.0882. The minimum atomic E-state index is -0.288. The predicted molar refractivity (Wildman–Crippen MR) is 117 cm³/mol. The number of pyridine rings is 1. The fourth-order valence-electron chi connectivity index (χ4n) is 5.91. The van der Waals surface area contributed by atoms with Crippen LogP contribution in [0, 0.1) is 23.6 Å². The van der Waals surface area contributed by atoms with Crippen LogP contribution in [-0.4, -0.2) is 35.7 Å². The molecule has 1 aromatic rings. The number of amides is 1. The van der Waals surface area contributed by atoms with Gasteiger partial charge in [-0.2, -0.15) is 0 Å². The van der Waals surface area contributed by atoms with Crippen molar-refractivity contribution in [2.75, 3.05) is 6.54 Å². The standard InChI is InChI=1S/C24H35FN4O/c1-15-11-17(13-18(26)12-15)19-9-10-27-14-22(19)29-24(30)21-8-7-20(25)23(28-21)16-5-3-2-4-6-16/h7-8,10,15-19,22H,2-6,9,11-14,26H2,1H3,(H,29,30). The van der Waals surface area contributed by atoms with Gasteiger partial charge in [-0.3, -0.25) is 9.79 Å². The summed E-state index contributed by atoms with van der Waals surface area (Å²) in [6, 6.07) is 3.14. The van der Waals surface area contributed by atoms with Gasteiger partial charge in [0.25, 0.3) is 5.91 Å². The Labute approximate surface area is 179 Å². The average Bonchev–Trinajstić information content (AvgIpc) is 2.74. The van der Waals surface area contributed by atoms with E-state index in [1.54, 1.807) is 0 Å². The number of halogens is 1. The van der Waals surface area contributed by atoms with Crippen molar-refractivity contribution in [1.29, 1.82) is 0 Å². The number of rotatable bonds is 4. The number of nitrogens with two attached hydrogens (primary N) is 1. The molecule has 1 aliphatic heterocycles. The van der Waals surface area contributed by atoms with Gasteiger partial charge >= 0.3 is 0 Å². The molecule has 0 bridgehead atoms. The van der Waals surface area contributed by atoms with Gasteiger partial charge in [-0.25, -0.2) is 9.37 Å². The van der Waals surface area contributed by atoms with E-state index < -0.39 is 0 Å². The van der Waals surface area contributed by atoms with Crippen LogP contribution in [0.1, 0.15) is 86.8 Å². The van der Waals surface area contributed by atoms with Crippen molar-refractivity contribution in [3.8, 4) is 0 Å². The van der Waals surface area contributed by atoms with Crippen molar-refractivity contribution in [3.05, 3.63) is 29.3 Å². The van der Waals surface area contributed by atoms with E-state index in [1.807, 2.05) is 6.21 Å². The first-order valence-corrected chi connectivity index (χ1v) is 11.7. The third-order valence-corrected chi connectivity index (χ3v) is 7.36. The smallest absolute Gasteiger partial charge is 0.270 e. The number of aromatic nitrogens is 1. The molecule has 2 saturated carbocycles. The molecule has 0 aromatic carbocycles. The SMILES string of the molecule is CC1CC(N)CC(C2CC=NCC2NC(=O)c2ccc(F)c(C3CCCCC3)n2)C1. The van der Waals surface area contributed by atoms with Crippen molar-refractivity contribution in [2.45, 2.75) is 82.7 Å². The molecule has 30 heavy (non-hydrogen) atoms. The van der Waals surface area contributed by atoms with E-state index in [1.165, 1.54) is 18.6 Å². The van der Waals surface area contributed by atoms with Crippen molar-refractivity contribution in [3.63, 3.8) is 0 Å². The minimum absolute atomic E-state index is 0.0185. The molecule has 0 radical (unpaired) electrons. The summed E-state index contributed by atoms with van der Waals surface area (Å²) in [5, 5.41) is 3.18. The highest BCUT2D eigenvalue weighted by atomic mass is 19.1. The quantitative estimate of drug-likeness (QED) is 0.774. The van der Waals surface area contributed by atoms with E-state index >= 15 is 0 Å². The highest BCUT2D eigenvalue weighted by molar-refractivity contribution is 5.92. The Morgan fingerprint density at radius 3 is 2.73 bits per heavy atom. The summed E-state index contributed by atoms with van der Waals surface area (Å²) in [6.45, 7) is 2.86. The molecule has 0 spiro atoms. The first-order chi connectivity index (χ1) is 14.5. The Hall–Kier alpha value is -1.82. The van der Waals surface area contributed by atoms with Gasteiger partial charge in [0.1, 0.15) is 11.5 Å². The van der Waals surface area contributed by atoms with Crippen LogP contribution < -0.4 is 11.1 Å². The molecule has 5 nitrogen and oxygen atoms in total. The lowest BCUT2D eigenvalue weighted by atomic mass is 9.70. The molecule has 4 rings (SSSR count). The summed E-state index contributed by atoms with van der Waals surface area (Å²) in [5.41, 5.74) is 7.08. The summed E-state index contributed by atoms with van der Waals surface area (Å²) in [4.78, 5) is 22.0. The highest BCUT2D eigenvalue weighted by Crippen LogP contribution is 2.37. The molecule has 5 atom stereocenters. The Bertz CT molecular complexity index is 766. The number of hydrogen-bond acceptors (Lipinski definition) is 4. The van der Waals surface area contributed by atoms with Crippen molar-refractivity contribution < 1.29 is 9.18 Å². The van der Waals surface area contributed by atoms with Crippen LogP contribution >= 0.6 is 0 Å². The summed E-state index contributed by atoms with van der Waals surface area (Å²) in [5.74, 6) is 1.09. The van der Waals surface area contributed by atoms with Gasteiger partial charge < -0.3 is 11.1 Å². The number of hydrogen-bond donors (Lipinski definition) is 2. The maximum atomic E-state index is 14.4. The Morgan fingerprint density at radius 2 is 1.97 bits per heavy atom. The third-order valence-electron chi connectivity index (χ3n) is 7.36. The molecule has 164 valence electrons. The monoisotopic (exact) mass is 414 g/mol. The summed E-state index contributed by atoms with van der Waals surface area (Å²) >= 11 is 0. The number of carbonyl (C=O) groups excluding carboxylic acids is 1. The first-order valence-electron chi connectivity index (χ1n) is 11.7. The zero-order valence-electron chi connectivity index (χ0n) is 18.0. The van der Waals surface area contributed by atoms with Crippen LogP contribution in [0.4, 0.5) is 4.39 Å². The molecular formula is C24H35FN4O. The lowest BCUT2D eigenvalue weighted by Crippen LogP contribution is -2.49. The molecule has 2 fully saturated rings. The van der Waals surface area contributed by atoms with E-state index in [-0.39, 0.29) is 29.7 Å². The zero-order chi connectivity index (χ0) is 21.1. The Kier molecular flexibility index (Phi) is 6.81. The lowest BCUT2D eigenvalue weighted by Gasteiger charge is -2.40. The van der Waals surface area contributed by atoms with Gasteiger partial charge in [-0.15, -0.1) is 0 Å². The topological polar surface area (TPSA) is 80.4 Å². The van der Waals surface area contributed by atoms with Crippen LogP contribution in [-0.2, 0) is 0 Å².